The second kappa shape index (κ2) is 12.4. The zero-order valence-electron chi connectivity index (χ0n) is 21.8. The zero-order chi connectivity index (χ0) is 26.6. The van der Waals surface area contributed by atoms with Gasteiger partial charge in [-0.1, -0.05) is 49.9 Å². The molecule has 0 spiro atoms. The molecule has 4 heterocycles. The quantitative estimate of drug-likeness (QED) is 0.225. The van der Waals surface area contributed by atoms with E-state index in [2.05, 4.69) is 45.4 Å². The summed E-state index contributed by atoms with van der Waals surface area (Å²) in [6, 6.07) is 24.2. The van der Waals surface area contributed by atoms with Gasteiger partial charge in [0.25, 0.3) is 5.91 Å². The van der Waals surface area contributed by atoms with Crippen molar-refractivity contribution in [3.05, 3.63) is 101 Å². The topological polar surface area (TPSA) is 80.3 Å². The smallest absolute Gasteiger partial charge is 0.269 e. The predicted molar refractivity (Wildman–Crippen MR) is 159 cm³/mol. The number of hydrogen-bond donors (Lipinski definition) is 0. The fourth-order valence-corrected chi connectivity index (χ4v) is 5.75. The molecule has 0 unspecified atom stereocenters. The summed E-state index contributed by atoms with van der Waals surface area (Å²) in [7, 11) is 0. The van der Waals surface area contributed by atoms with Gasteiger partial charge in [-0.05, 0) is 54.5 Å². The van der Waals surface area contributed by atoms with Crippen molar-refractivity contribution in [2.45, 2.75) is 39.7 Å². The van der Waals surface area contributed by atoms with Crippen molar-refractivity contribution in [3.8, 4) is 17.1 Å². The summed E-state index contributed by atoms with van der Waals surface area (Å²) in [5.41, 5.74) is 3.03. The van der Waals surface area contributed by atoms with E-state index in [1.54, 1.807) is 11.6 Å². The average Bonchev–Trinajstić information content (AvgIpc) is 3.76. The van der Waals surface area contributed by atoms with Crippen LogP contribution in [0.3, 0.4) is 0 Å². The third-order valence-electron chi connectivity index (χ3n) is 7.14. The van der Waals surface area contributed by atoms with Gasteiger partial charge in [0.05, 0.1) is 10.6 Å². The van der Waals surface area contributed by atoms with Gasteiger partial charge < -0.3 is 9.32 Å². The highest BCUT2D eigenvalue weighted by Gasteiger charge is 2.31. The van der Waals surface area contributed by atoms with E-state index in [-0.39, 0.29) is 19.4 Å². The number of piperidine rings is 1. The molecule has 0 N–H and O–H groups in total. The largest absolute Gasteiger partial charge is 0.421 e. The van der Waals surface area contributed by atoms with Gasteiger partial charge in [-0.15, -0.1) is 26.6 Å². The van der Waals surface area contributed by atoms with Gasteiger partial charge in [0.15, 0.2) is 5.82 Å². The highest BCUT2D eigenvalue weighted by atomic mass is 32.1. The van der Waals surface area contributed by atoms with Crippen LogP contribution in [0, 0.1) is 6.92 Å². The van der Waals surface area contributed by atoms with Gasteiger partial charge in [-0.25, -0.2) is 4.68 Å². The second-order valence-electron chi connectivity index (χ2n) is 9.76. The van der Waals surface area contributed by atoms with Crippen LogP contribution in [0.2, 0.25) is 0 Å². The molecule has 1 aliphatic rings. The minimum Gasteiger partial charge on any atom is -0.421 e. The summed E-state index contributed by atoms with van der Waals surface area (Å²) < 4.78 is 7.40. The number of thiophene rings is 1. The van der Waals surface area contributed by atoms with E-state index >= 15 is 0 Å². The van der Waals surface area contributed by atoms with Crippen molar-refractivity contribution in [1.82, 2.24) is 24.9 Å². The molecule has 1 saturated heterocycles. The standard InChI is InChI=1S/C30H30N6O2S.CH4/c1-22-31-32-29(38-22)24-9-5-10-26(21-24)35-19-15-28(33-35)36(30(37)27-11-6-20-39-27)25-13-17-34(18-14-25)16-12-23-7-3-2-4-8-23;/h2-11,15,19-21,25H,12-14,16-18H2,1H3;1H4. The lowest BCUT2D eigenvalue weighted by Gasteiger charge is -2.37. The van der Waals surface area contributed by atoms with Crippen molar-refractivity contribution in [2.75, 3.05) is 24.5 Å². The first-order chi connectivity index (χ1) is 19.1. The van der Waals surface area contributed by atoms with Crippen molar-refractivity contribution >= 4 is 23.1 Å². The summed E-state index contributed by atoms with van der Waals surface area (Å²) in [6.07, 6.45) is 4.75. The average molecular weight is 555 g/mol. The maximum Gasteiger partial charge on any atom is 0.269 e. The number of hydrogen-bond acceptors (Lipinski definition) is 7. The Kier molecular flexibility index (Phi) is 8.52. The lowest BCUT2D eigenvalue weighted by molar-refractivity contribution is 0.0963. The highest BCUT2D eigenvalue weighted by molar-refractivity contribution is 7.12. The highest BCUT2D eigenvalue weighted by Crippen LogP contribution is 2.28. The van der Waals surface area contributed by atoms with Gasteiger partial charge >= 0.3 is 0 Å². The maximum absolute atomic E-state index is 13.7. The van der Waals surface area contributed by atoms with E-state index in [4.69, 9.17) is 9.52 Å². The molecule has 8 nitrogen and oxygen atoms in total. The van der Waals surface area contributed by atoms with Crippen molar-refractivity contribution in [1.29, 1.82) is 0 Å². The third-order valence-corrected chi connectivity index (χ3v) is 8.00. The first-order valence-electron chi connectivity index (χ1n) is 13.2. The summed E-state index contributed by atoms with van der Waals surface area (Å²) in [6.45, 7) is 4.71. The van der Waals surface area contributed by atoms with Crippen LogP contribution in [-0.2, 0) is 6.42 Å². The maximum atomic E-state index is 13.7. The Morgan fingerprint density at radius 1 is 1.02 bits per heavy atom. The van der Waals surface area contributed by atoms with Crippen LogP contribution in [0.1, 0.15) is 41.4 Å². The molecule has 9 heteroatoms. The van der Waals surface area contributed by atoms with Crippen LogP contribution >= 0.6 is 11.3 Å². The third kappa shape index (κ3) is 6.05. The molecule has 0 bridgehead atoms. The van der Waals surface area contributed by atoms with E-state index < -0.39 is 0 Å². The Morgan fingerprint density at radius 2 is 1.85 bits per heavy atom. The van der Waals surface area contributed by atoms with E-state index in [1.807, 2.05) is 58.9 Å². The van der Waals surface area contributed by atoms with E-state index in [0.717, 1.165) is 55.0 Å². The number of carbonyl (C=O) groups is 1. The fraction of sp³-hybridized carbons (Fsp3) is 0.290. The van der Waals surface area contributed by atoms with Crippen LogP contribution in [0.5, 0.6) is 0 Å². The molecule has 0 atom stereocenters. The molecule has 3 aromatic heterocycles. The summed E-state index contributed by atoms with van der Waals surface area (Å²) >= 11 is 1.47. The molecule has 40 heavy (non-hydrogen) atoms. The first kappa shape index (κ1) is 27.5. The van der Waals surface area contributed by atoms with E-state index in [1.165, 1.54) is 16.9 Å². The van der Waals surface area contributed by atoms with Gasteiger partial charge in [0, 0.05) is 50.4 Å². The lowest BCUT2D eigenvalue weighted by Crippen LogP contribution is -2.48. The summed E-state index contributed by atoms with van der Waals surface area (Å²) in [5.74, 6) is 1.66. The molecule has 0 aliphatic carbocycles. The molecule has 1 fully saturated rings. The number of carbonyl (C=O) groups excluding carboxylic acids is 1. The Hall–Kier alpha value is -4.08. The van der Waals surface area contributed by atoms with E-state index in [9.17, 15) is 4.79 Å². The number of likely N-dealkylation sites (tertiary alicyclic amines) is 1. The molecule has 0 radical (unpaired) electrons. The Labute approximate surface area is 238 Å². The number of nitrogens with zero attached hydrogens (tertiary/aromatic N) is 6. The van der Waals surface area contributed by atoms with Crippen LogP contribution in [-0.4, -0.2) is 56.5 Å². The molecule has 6 rings (SSSR count). The molecular formula is C31H34N6O2S. The van der Waals surface area contributed by atoms with Crippen LogP contribution in [0.4, 0.5) is 5.82 Å². The Morgan fingerprint density at radius 3 is 2.58 bits per heavy atom. The van der Waals surface area contributed by atoms with Gasteiger partial charge in [0.2, 0.25) is 11.8 Å². The number of anilines is 1. The SMILES string of the molecule is C.Cc1nnc(-c2cccc(-n3ccc(N(C(=O)c4cccs4)C4CCN(CCc5ccccc5)CC4)n3)c2)o1. The number of amides is 1. The Balaban J connectivity index is 0.00000323. The minimum absolute atomic E-state index is 0. The predicted octanol–water partition coefficient (Wildman–Crippen LogP) is 6.28. The molecule has 0 saturated carbocycles. The number of aryl methyl sites for hydroxylation is 1. The van der Waals surface area contributed by atoms with Crippen LogP contribution in [0.15, 0.2) is 88.8 Å². The van der Waals surface area contributed by atoms with Gasteiger partial charge in [-0.3, -0.25) is 9.69 Å². The number of rotatable bonds is 8. The van der Waals surface area contributed by atoms with Gasteiger partial charge in [-0.2, -0.15) is 0 Å². The van der Waals surface area contributed by atoms with Crippen molar-refractivity contribution < 1.29 is 9.21 Å². The normalized spacial score (nSPS) is 14.1. The monoisotopic (exact) mass is 554 g/mol. The number of benzene rings is 2. The zero-order valence-corrected chi connectivity index (χ0v) is 22.6. The molecule has 206 valence electrons. The van der Waals surface area contributed by atoms with E-state index in [0.29, 0.717) is 17.6 Å². The molecule has 1 amide bonds. The molecule has 1 aliphatic heterocycles. The fourth-order valence-electron chi connectivity index (χ4n) is 5.09. The van der Waals surface area contributed by atoms with Crippen LogP contribution in [0.25, 0.3) is 17.1 Å². The summed E-state index contributed by atoms with van der Waals surface area (Å²) in [5, 5.41) is 14.9. The van der Waals surface area contributed by atoms with Crippen molar-refractivity contribution in [2.24, 2.45) is 0 Å². The molecule has 5 aromatic rings. The van der Waals surface area contributed by atoms with Crippen LogP contribution < -0.4 is 4.90 Å². The van der Waals surface area contributed by atoms with Gasteiger partial charge in [0.1, 0.15) is 0 Å². The Bertz CT molecular complexity index is 1520. The first-order valence-corrected chi connectivity index (χ1v) is 14.1. The molecule has 2 aromatic carbocycles. The summed E-state index contributed by atoms with van der Waals surface area (Å²) in [4.78, 5) is 18.9. The number of aromatic nitrogens is 4. The molecular weight excluding hydrogens is 520 g/mol. The van der Waals surface area contributed by atoms with Crippen molar-refractivity contribution in [3.63, 3.8) is 0 Å². The second-order valence-corrected chi connectivity index (χ2v) is 10.7. The lowest BCUT2D eigenvalue weighted by atomic mass is 10.0. The minimum atomic E-state index is 0.